The van der Waals surface area contributed by atoms with Gasteiger partial charge in [0.15, 0.2) is 0 Å². The number of carbonyl (C=O) groups is 1. The van der Waals surface area contributed by atoms with Crippen LogP contribution in [-0.4, -0.2) is 37.0 Å². The molecule has 1 heterocycles. The molecule has 1 aromatic carbocycles. The normalized spacial score (nSPS) is 16.3. The Hall–Kier alpha value is -1.77. The molecule has 3 nitrogen and oxygen atoms in total. The summed E-state index contributed by atoms with van der Waals surface area (Å²) in [5.41, 5.74) is 2.58. The second kappa shape index (κ2) is 5.71. The quantitative estimate of drug-likeness (QED) is 0.745. The number of anilines is 1. The summed E-state index contributed by atoms with van der Waals surface area (Å²) in [5, 5.41) is 0. The molecule has 1 amide bonds. The molecule has 96 valence electrons. The number of benzene rings is 1. The summed E-state index contributed by atoms with van der Waals surface area (Å²) in [6.45, 7) is 7.44. The van der Waals surface area contributed by atoms with E-state index in [1.807, 2.05) is 11.8 Å². The smallest absolute Gasteiger partial charge is 0.246 e. The highest BCUT2D eigenvalue weighted by molar-refractivity contribution is 5.87. The molecular weight excluding hydrogens is 224 g/mol. The van der Waals surface area contributed by atoms with Crippen LogP contribution in [0.3, 0.4) is 0 Å². The van der Waals surface area contributed by atoms with Gasteiger partial charge in [0.25, 0.3) is 0 Å². The number of piperazine rings is 1. The Balaban J connectivity index is 1.99. The van der Waals surface area contributed by atoms with Gasteiger partial charge in [-0.05, 0) is 31.6 Å². The van der Waals surface area contributed by atoms with E-state index in [0.717, 1.165) is 26.2 Å². The van der Waals surface area contributed by atoms with Gasteiger partial charge in [-0.25, -0.2) is 0 Å². The van der Waals surface area contributed by atoms with Crippen LogP contribution in [0.1, 0.15) is 12.5 Å². The summed E-state index contributed by atoms with van der Waals surface area (Å²) in [7, 11) is 0. The topological polar surface area (TPSA) is 23.6 Å². The Labute approximate surface area is 109 Å². The summed E-state index contributed by atoms with van der Waals surface area (Å²) < 4.78 is 0. The maximum atomic E-state index is 11.7. The first kappa shape index (κ1) is 12.7. The van der Waals surface area contributed by atoms with Crippen molar-refractivity contribution in [3.8, 4) is 0 Å². The molecule has 0 atom stereocenters. The monoisotopic (exact) mass is 244 g/mol. The van der Waals surface area contributed by atoms with Crippen LogP contribution in [0.25, 0.3) is 0 Å². The number of rotatable bonds is 2. The molecule has 0 radical (unpaired) electrons. The third kappa shape index (κ3) is 2.73. The number of carbonyl (C=O) groups excluding carboxylic acids is 1. The van der Waals surface area contributed by atoms with Gasteiger partial charge in [-0.1, -0.05) is 24.3 Å². The van der Waals surface area contributed by atoms with E-state index in [1.54, 1.807) is 12.2 Å². The van der Waals surface area contributed by atoms with Crippen molar-refractivity contribution in [2.24, 2.45) is 0 Å². The number of amides is 1. The van der Waals surface area contributed by atoms with Crippen molar-refractivity contribution >= 4 is 11.6 Å². The van der Waals surface area contributed by atoms with E-state index in [1.165, 1.54) is 11.3 Å². The summed E-state index contributed by atoms with van der Waals surface area (Å²) >= 11 is 0. The number of hydrogen-bond donors (Lipinski definition) is 0. The highest BCUT2D eigenvalue weighted by atomic mass is 16.2. The fourth-order valence-electron chi connectivity index (χ4n) is 2.33. The molecule has 0 unspecified atom stereocenters. The minimum absolute atomic E-state index is 0.127. The first-order valence-electron chi connectivity index (χ1n) is 6.44. The zero-order valence-corrected chi connectivity index (χ0v) is 11.1. The van der Waals surface area contributed by atoms with E-state index in [-0.39, 0.29) is 5.91 Å². The lowest BCUT2D eigenvalue weighted by Crippen LogP contribution is -2.48. The van der Waals surface area contributed by atoms with Crippen LogP contribution in [0.15, 0.2) is 36.4 Å². The SMILES string of the molecule is C/C=C\C(=O)N1CCN(c2ccccc2C)CC1. The van der Waals surface area contributed by atoms with Crippen LogP contribution in [0.2, 0.25) is 0 Å². The Morgan fingerprint density at radius 3 is 2.44 bits per heavy atom. The summed E-state index contributed by atoms with van der Waals surface area (Å²) in [6.07, 6.45) is 3.44. The van der Waals surface area contributed by atoms with Gasteiger partial charge in [0, 0.05) is 31.9 Å². The summed E-state index contributed by atoms with van der Waals surface area (Å²) in [6, 6.07) is 8.41. The molecule has 0 aromatic heterocycles. The number of aryl methyl sites for hydroxylation is 1. The molecular formula is C15H20N2O. The molecule has 1 saturated heterocycles. The highest BCUT2D eigenvalue weighted by Crippen LogP contribution is 2.20. The van der Waals surface area contributed by atoms with Crippen LogP contribution in [-0.2, 0) is 4.79 Å². The third-order valence-electron chi connectivity index (χ3n) is 3.36. The molecule has 1 aromatic rings. The largest absolute Gasteiger partial charge is 0.368 e. The average Bonchev–Trinajstić information content (AvgIpc) is 2.40. The first-order valence-corrected chi connectivity index (χ1v) is 6.44. The highest BCUT2D eigenvalue weighted by Gasteiger charge is 2.20. The molecule has 0 aliphatic carbocycles. The maximum Gasteiger partial charge on any atom is 0.246 e. The Morgan fingerprint density at radius 1 is 1.17 bits per heavy atom. The average molecular weight is 244 g/mol. The van der Waals surface area contributed by atoms with Crippen LogP contribution in [0.4, 0.5) is 5.69 Å². The van der Waals surface area contributed by atoms with Gasteiger partial charge < -0.3 is 9.80 Å². The maximum absolute atomic E-state index is 11.7. The first-order chi connectivity index (χ1) is 8.72. The van der Waals surface area contributed by atoms with E-state index >= 15 is 0 Å². The molecule has 3 heteroatoms. The van der Waals surface area contributed by atoms with Gasteiger partial charge in [-0.15, -0.1) is 0 Å². The van der Waals surface area contributed by atoms with Crippen molar-refractivity contribution < 1.29 is 4.79 Å². The summed E-state index contributed by atoms with van der Waals surface area (Å²) in [4.78, 5) is 16.0. The zero-order valence-electron chi connectivity index (χ0n) is 11.1. The zero-order chi connectivity index (χ0) is 13.0. The predicted molar refractivity (Wildman–Crippen MR) is 74.8 cm³/mol. The van der Waals surface area contributed by atoms with Crippen LogP contribution in [0, 0.1) is 6.92 Å². The van der Waals surface area contributed by atoms with Gasteiger partial charge >= 0.3 is 0 Å². The number of para-hydroxylation sites is 1. The Kier molecular flexibility index (Phi) is 4.03. The molecule has 1 fully saturated rings. The van der Waals surface area contributed by atoms with Crippen molar-refractivity contribution in [2.45, 2.75) is 13.8 Å². The van der Waals surface area contributed by atoms with E-state index in [4.69, 9.17) is 0 Å². The predicted octanol–water partition coefficient (Wildman–Crippen LogP) is 2.22. The number of hydrogen-bond acceptors (Lipinski definition) is 2. The number of nitrogens with zero attached hydrogens (tertiary/aromatic N) is 2. The fraction of sp³-hybridized carbons (Fsp3) is 0.400. The van der Waals surface area contributed by atoms with Gasteiger partial charge in [0.2, 0.25) is 5.91 Å². The molecule has 0 spiro atoms. The fourth-order valence-corrected chi connectivity index (χ4v) is 2.33. The summed E-state index contributed by atoms with van der Waals surface area (Å²) in [5.74, 6) is 0.127. The van der Waals surface area contributed by atoms with E-state index < -0.39 is 0 Å². The van der Waals surface area contributed by atoms with E-state index in [2.05, 4.69) is 36.1 Å². The van der Waals surface area contributed by atoms with Crippen molar-refractivity contribution in [1.82, 2.24) is 4.90 Å². The van der Waals surface area contributed by atoms with Gasteiger partial charge in [0.1, 0.15) is 0 Å². The Morgan fingerprint density at radius 2 is 1.83 bits per heavy atom. The minimum Gasteiger partial charge on any atom is -0.368 e. The minimum atomic E-state index is 0.127. The standard InChI is InChI=1S/C15H20N2O/c1-3-6-15(18)17-11-9-16(10-12-17)14-8-5-4-7-13(14)2/h3-8H,9-12H2,1-2H3/b6-3-. The van der Waals surface area contributed by atoms with Gasteiger partial charge in [-0.2, -0.15) is 0 Å². The number of allylic oxidation sites excluding steroid dienone is 1. The van der Waals surface area contributed by atoms with Crippen molar-refractivity contribution in [3.63, 3.8) is 0 Å². The second-order valence-corrected chi connectivity index (χ2v) is 4.60. The molecule has 0 saturated carbocycles. The lowest BCUT2D eigenvalue weighted by molar-refractivity contribution is -0.126. The lowest BCUT2D eigenvalue weighted by Gasteiger charge is -2.36. The van der Waals surface area contributed by atoms with Crippen molar-refractivity contribution in [3.05, 3.63) is 42.0 Å². The van der Waals surface area contributed by atoms with Crippen molar-refractivity contribution in [2.75, 3.05) is 31.1 Å². The van der Waals surface area contributed by atoms with Crippen LogP contribution in [0.5, 0.6) is 0 Å². The van der Waals surface area contributed by atoms with Gasteiger partial charge in [-0.3, -0.25) is 4.79 Å². The molecule has 1 aliphatic heterocycles. The Bertz CT molecular complexity index is 446. The van der Waals surface area contributed by atoms with Crippen LogP contribution >= 0.6 is 0 Å². The van der Waals surface area contributed by atoms with Crippen LogP contribution < -0.4 is 4.90 Å². The second-order valence-electron chi connectivity index (χ2n) is 4.60. The third-order valence-corrected chi connectivity index (χ3v) is 3.36. The molecule has 1 aliphatic rings. The lowest BCUT2D eigenvalue weighted by atomic mass is 10.1. The molecule has 18 heavy (non-hydrogen) atoms. The van der Waals surface area contributed by atoms with E-state index in [0.29, 0.717) is 0 Å². The molecule has 2 rings (SSSR count). The molecule has 0 bridgehead atoms. The van der Waals surface area contributed by atoms with E-state index in [9.17, 15) is 4.79 Å². The van der Waals surface area contributed by atoms with Gasteiger partial charge in [0.05, 0.1) is 0 Å². The molecule has 0 N–H and O–H groups in total. The van der Waals surface area contributed by atoms with Crippen molar-refractivity contribution in [1.29, 1.82) is 0 Å².